The summed E-state index contributed by atoms with van der Waals surface area (Å²) in [5, 5.41) is 17.3. The molecule has 0 amide bonds. The van der Waals surface area contributed by atoms with E-state index in [2.05, 4.69) is 0 Å². The molecular weight excluding hydrogens is 229 g/mol. The van der Waals surface area contributed by atoms with Crippen molar-refractivity contribution < 1.29 is 27.2 Å². The van der Waals surface area contributed by atoms with Gasteiger partial charge < -0.3 is 10.0 Å². The third-order valence-electron chi connectivity index (χ3n) is 1.69. The van der Waals surface area contributed by atoms with Crippen molar-refractivity contribution in [2.45, 2.75) is 4.90 Å². The molecule has 0 heterocycles. The monoisotopic (exact) mass is 236 g/mol. The number of benzene rings is 1. The van der Waals surface area contributed by atoms with Crippen LogP contribution < -0.4 is 5.46 Å². The molecule has 15 heavy (non-hydrogen) atoms. The van der Waals surface area contributed by atoms with Gasteiger partial charge in [-0.2, -0.15) is 0 Å². The fraction of sp³-hybridized carbons (Fsp3) is 0.143. The Kier molecular flexibility index (Phi) is 3.12. The molecule has 0 saturated carbocycles. The fourth-order valence-corrected chi connectivity index (χ4v) is 1.91. The maximum Gasteiger partial charge on any atom is 0.488 e. The Hall–Kier alpha value is -0.985. The molecule has 0 spiro atoms. The first-order chi connectivity index (χ1) is 6.73. The molecule has 0 saturated heterocycles. The molecule has 4 nitrogen and oxygen atoms in total. The van der Waals surface area contributed by atoms with E-state index >= 15 is 0 Å². The highest BCUT2D eigenvalue weighted by Crippen LogP contribution is 2.16. The smallest absolute Gasteiger partial charge is 0.423 e. The Morgan fingerprint density at radius 3 is 1.87 bits per heavy atom. The van der Waals surface area contributed by atoms with Crippen LogP contribution in [0.25, 0.3) is 0 Å². The van der Waals surface area contributed by atoms with Crippen LogP contribution >= 0.6 is 0 Å². The Balaban J connectivity index is 3.48. The second-order valence-electron chi connectivity index (χ2n) is 2.96. The van der Waals surface area contributed by atoms with E-state index in [1.807, 2.05) is 0 Å². The third kappa shape index (κ3) is 2.52. The molecule has 0 atom stereocenters. The largest absolute Gasteiger partial charge is 0.488 e. The molecule has 0 aliphatic rings. The van der Waals surface area contributed by atoms with Gasteiger partial charge in [0.15, 0.2) is 9.84 Å². The number of rotatable bonds is 2. The minimum absolute atomic E-state index is 0.447. The minimum atomic E-state index is -4.02. The van der Waals surface area contributed by atoms with E-state index in [-0.39, 0.29) is 0 Å². The van der Waals surface area contributed by atoms with Crippen molar-refractivity contribution in [2.24, 2.45) is 0 Å². The maximum atomic E-state index is 13.1. The molecule has 0 aliphatic heterocycles. The zero-order chi connectivity index (χ0) is 11.8. The molecule has 0 unspecified atom stereocenters. The van der Waals surface area contributed by atoms with Crippen LogP contribution in [-0.2, 0) is 9.84 Å². The zero-order valence-electron chi connectivity index (χ0n) is 7.61. The molecule has 0 bridgehead atoms. The lowest BCUT2D eigenvalue weighted by Gasteiger charge is -2.05. The van der Waals surface area contributed by atoms with Gasteiger partial charge in [-0.05, 0) is 17.6 Å². The van der Waals surface area contributed by atoms with Gasteiger partial charge >= 0.3 is 7.12 Å². The average molecular weight is 236 g/mol. The minimum Gasteiger partial charge on any atom is -0.423 e. The number of halogens is 2. The topological polar surface area (TPSA) is 74.6 Å². The van der Waals surface area contributed by atoms with Crippen LogP contribution in [-0.4, -0.2) is 31.8 Å². The van der Waals surface area contributed by atoms with Crippen molar-refractivity contribution in [3.8, 4) is 0 Å². The van der Waals surface area contributed by atoms with Crippen LogP contribution in [0.1, 0.15) is 0 Å². The summed E-state index contributed by atoms with van der Waals surface area (Å²) in [4.78, 5) is -1.08. The summed E-state index contributed by atoms with van der Waals surface area (Å²) in [6.07, 6.45) is 0.656. The molecule has 8 heteroatoms. The summed E-state index contributed by atoms with van der Waals surface area (Å²) in [5.74, 6) is -2.69. The van der Waals surface area contributed by atoms with Crippen molar-refractivity contribution in [1.82, 2.24) is 0 Å². The molecule has 1 aromatic rings. The van der Waals surface area contributed by atoms with Crippen LogP contribution in [0.5, 0.6) is 0 Å². The molecule has 82 valence electrons. The molecule has 2 N–H and O–H groups in total. The first kappa shape index (κ1) is 12.1. The van der Waals surface area contributed by atoms with Gasteiger partial charge in [0, 0.05) is 6.26 Å². The fourth-order valence-electron chi connectivity index (χ4n) is 1.08. The van der Waals surface area contributed by atoms with E-state index in [0.29, 0.717) is 18.4 Å². The molecule has 0 radical (unpaired) electrons. The molecular formula is C7H7BF2O4S. The quantitative estimate of drug-likeness (QED) is 0.649. The second-order valence-corrected chi connectivity index (χ2v) is 4.91. The van der Waals surface area contributed by atoms with Gasteiger partial charge in [-0.15, -0.1) is 0 Å². The summed E-state index contributed by atoms with van der Waals surface area (Å²) in [6, 6.07) is 1.12. The van der Waals surface area contributed by atoms with Gasteiger partial charge in [0.25, 0.3) is 0 Å². The van der Waals surface area contributed by atoms with Gasteiger partial charge in [-0.3, -0.25) is 0 Å². The van der Waals surface area contributed by atoms with Gasteiger partial charge in [0.1, 0.15) is 16.5 Å². The molecule has 0 aromatic heterocycles. The summed E-state index contributed by atoms with van der Waals surface area (Å²) < 4.78 is 48.2. The van der Waals surface area contributed by atoms with Crippen molar-refractivity contribution in [2.75, 3.05) is 6.26 Å². The van der Waals surface area contributed by atoms with Crippen molar-refractivity contribution in [1.29, 1.82) is 0 Å². The van der Waals surface area contributed by atoms with Gasteiger partial charge in [-0.1, -0.05) is 0 Å². The first-order valence-corrected chi connectivity index (χ1v) is 5.67. The molecule has 0 aliphatic carbocycles. The predicted octanol–water partition coefficient (Wildman–Crippen LogP) is -0.952. The van der Waals surface area contributed by atoms with E-state index in [1.54, 1.807) is 0 Å². The first-order valence-electron chi connectivity index (χ1n) is 3.78. The van der Waals surface area contributed by atoms with E-state index in [0.717, 1.165) is 0 Å². The Labute approximate surface area is 85.2 Å². The van der Waals surface area contributed by atoms with Crippen LogP contribution in [0.3, 0.4) is 0 Å². The lowest BCUT2D eigenvalue weighted by atomic mass is 9.80. The zero-order valence-corrected chi connectivity index (χ0v) is 8.42. The Morgan fingerprint density at radius 2 is 1.60 bits per heavy atom. The normalized spacial score (nSPS) is 11.5. The average Bonchev–Trinajstić information content (AvgIpc) is 1.99. The lowest BCUT2D eigenvalue weighted by Crippen LogP contribution is -2.31. The van der Waals surface area contributed by atoms with E-state index in [4.69, 9.17) is 10.0 Å². The highest BCUT2D eigenvalue weighted by Gasteiger charge is 2.23. The number of sulfone groups is 1. The van der Waals surface area contributed by atoms with Gasteiger partial charge in [0.05, 0.1) is 0 Å². The number of hydrogen-bond acceptors (Lipinski definition) is 4. The van der Waals surface area contributed by atoms with E-state index in [9.17, 15) is 17.2 Å². The van der Waals surface area contributed by atoms with Crippen LogP contribution in [0.4, 0.5) is 8.78 Å². The SMILES string of the molecule is CS(=O)(=O)c1c(F)cc(B(O)O)cc1F. The van der Waals surface area contributed by atoms with Gasteiger partial charge in [-0.25, -0.2) is 17.2 Å². The standard InChI is InChI=1S/C7H7BF2O4S/c1-15(13,14)7-5(9)2-4(8(11)12)3-6(7)10/h2-3,11-12H,1H3. The third-order valence-corrected chi connectivity index (χ3v) is 2.82. The second kappa shape index (κ2) is 3.88. The van der Waals surface area contributed by atoms with Gasteiger partial charge in [0.2, 0.25) is 0 Å². The maximum absolute atomic E-state index is 13.1. The summed E-state index contributed by atoms with van der Waals surface area (Å²) in [7, 11) is -6.07. The highest BCUT2D eigenvalue weighted by molar-refractivity contribution is 7.90. The molecule has 1 aromatic carbocycles. The van der Waals surface area contributed by atoms with Crippen LogP contribution in [0.2, 0.25) is 0 Å². The highest BCUT2D eigenvalue weighted by atomic mass is 32.2. The van der Waals surface area contributed by atoms with Crippen LogP contribution in [0.15, 0.2) is 17.0 Å². The summed E-state index contributed by atoms with van der Waals surface area (Å²) in [5.41, 5.74) is -0.447. The van der Waals surface area contributed by atoms with Crippen LogP contribution in [0, 0.1) is 11.6 Å². The Morgan fingerprint density at radius 1 is 1.20 bits per heavy atom. The molecule has 0 fully saturated rings. The number of hydrogen-bond donors (Lipinski definition) is 2. The predicted molar refractivity (Wildman–Crippen MR) is 49.3 cm³/mol. The van der Waals surface area contributed by atoms with Crippen molar-refractivity contribution in [3.05, 3.63) is 23.8 Å². The Bertz CT molecular complexity index is 463. The summed E-state index contributed by atoms with van der Waals surface area (Å²) >= 11 is 0. The van der Waals surface area contributed by atoms with Crippen molar-refractivity contribution >= 4 is 22.4 Å². The van der Waals surface area contributed by atoms with Crippen molar-refractivity contribution in [3.63, 3.8) is 0 Å². The molecule has 1 rings (SSSR count). The van der Waals surface area contributed by atoms with E-state index in [1.165, 1.54) is 0 Å². The summed E-state index contributed by atoms with van der Waals surface area (Å²) in [6.45, 7) is 0. The lowest BCUT2D eigenvalue weighted by molar-refractivity contribution is 0.424. The van der Waals surface area contributed by atoms with E-state index < -0.39 is 38.9 Å².